The third-order valence-electron chi connectivity index (χ3n) is 4.15. The van der Waals surface area contributed by atoms with E-state index in [4.69, 9.17) is 11.5 Å². The van der Waals surface area contributed by atoms with Crippen molar-refractivity contribution in [3.8, 4) is 5.95 Å². The van der Waals surface area contributed by atoms with E-state index >= 15 is 0 Å². The maximum Gasteiger partial charge on any atom is 0.411 e. The second-order valence-corrected chi connectivity index (χ2v) is 7.08. The monoisotopic (exact) mass is 425 g/mol. The number of para-hydroxylation sites is 1. The topological polar surface area (TPSA) is 134 Å². The molecule has 2 aromatic carbocycles. The highest BCUT2D eigenvalue weighted by Crippen LogP contribution is 2.35. The van der Waals surface area contributed by atoms with Gasteiger partial charge in [0, 0.05) is 10.3 Å². The Kier molecular flexibility index (Phi) is 5.11. The summed E-state index contributed by atoms with van der Waals surface area (Å²) < 4.78 is 20.1. The fraction of sp³-hybridized carbons (Fsp3) is 0.0526. The lowest BCUT2D eigenvalue weighted by atomic mass is 10.2. The van der Waals surface area contributed by atoms with Gasteiger partial charge < -0.3 is 16.2 Å². The predicted octanol–water partition coefficient (Wildman–Crippen LogP) is 3.45. The van der Waals surface area contributed by atoms with E-state index in [-0.39, 0.29) is 29.1 Å². The molecule has 2 heterocycles. The smallest absolute Gasteiger partial charge is 0.411 e. The summed E-state index contributed by atoms with van der Waals surface area (Å²) in [5, 5.41) is 8.27. The Morgan fingerprint density at radius 2 is 1.77 bits per heavy atom. The molecule has 0 bridgehead atoms. The van der Waals surface area contributed by atoms with E-state index in [0.717, 1.165) is 5.39 Å². The van der Waals surface area contributed by atoms with E-state index in [2.05, 4.69) is 25.1 Å². The van der Waals surface area contributed by atoms with Crippen LogP contribution in [0.1, 0.15) is 0 Å². The zero-order chi connectivity index (χ0) is 21.3. The van der Waals surface area contributed by atoms with Gasteiger partial charge in [-0.05, 0) is 18.2 Å². The van der Waals surface area contributed by atoms with E-state index in [1.54, 1.807) is 18.2 Å². The fourth-order valence-electron chi connectivity index (χ4n) is 2.76. The number of carbonyl (C=O) groups is 1. The van der Waals surface area contributed by atoms with Crippen LogP contribution in [-0.2, 0) is 4.74 Å². The fourth-order valence-corrected chi connectivity index (χ4v) is 3.68. The van der Waals surface area contributed by atoms with Gasteiger partial charge in [-0.15, -0.1) is 0 Å². The number of anilines is 3. The Bertz CT molecular complexity index is 1240. The van der Waals surface area contributed by atoms with Gasteiger partial charge in [0.1, 0.15) is 16.5 Å². The minimum Gasteiger partial charge on any atom is -0.453 e. The second kappa shape index (κ2) is 7.87. The molecule has 0 fully saturated rings. The molecule has 5 N–H and O–H groups in total. The summed E-state index contributed by atoms with van der Waals surface area (Å²) in [4.78, 5) is 20.3. The Morgan fingerprint density at radius 3 is 2.47 bits per heavy atom. The quantitative estimate of drug-likeness (QED) is 0.453. The number of ether oxygens (including phenoxy) is 1. The second-order valence-electron chi connectivity index (χ2n) is 6.05. The molecule has 152 valence electrons. The Balaban J connectivity index is 1.80. The molecule has 0 aliphatic rings. The number of amides is 1. The number of aromatic nitrogens is 4. The number of hydrogen-bond donors (Lipinski definition) is 3. The van der Waals surface area contributed by atoms with Crippen molar-refractivity contribution in [1.82, 2.24) is 19.7 Å². The summed E-state index contributed by atoms with van der Waals surface area (Å²) in [5.41, 5.74) is 12.6. The summed E-state index contributed by atoms with van der Waals surface area (Å²) in [6.45, 7) is 0. The average Bonchev–Trinajstić information content (AvgIpc) is 3.10. The van der Waals surface area contributed by atoms with Gasteiger partial charge in [0.25, 0.3) is 5.95 Å². The van der Waals surface area contributed by atoms with Crippen molar-refractivity contribution in [1.29, 1.82) is 0 Å². The molecule has 0 aliphatic heterocycles. The van der Waals surface area contributed by atoms with Crippen LogP contribution in [0.5, 0.6) is 0 Å². The third kappa shape index (κ3) is 3.57. The minimum absolute atomic E-state index is 0.0445. The summed E-state index contributed by atoms with van der Waals surface area (Å²) in [6, 6.07) is 13.8. The number of nitrogens with two attached hydrogens (primary N) is 2. The number of methoxy groups -OCH3 is 1. The van der Waals surface area contributed by atoms with Crippen LogP contribution in [0.3, 0.4) is 0 Å². The molecule has 0 aliphatic carbocycles. The molecule has 30 heavy (non-hydrogen) atoms. The van der Waals surface area contributed by atoms with Crippen molar-refractivity contribution in [2.45, 2.75) is 9.92 Å². The molecule has 11 heteroatoms. The van der Waals surface area contributed by atoms with Gasteiger partial charge in [-0.2, -0.15) is 19.7 Å². The van der Waals surface area contributed by atoms with Gasteiger partial charge in [-0.3, -0.25) is 5.32 Å². The molecule has 0 radical (unpaired) electrons. The summed E-state index contributed by atoms with van der Waals surface area (Å²) >= 11 is 1.18. The highest BCUT2D eigenvalue weighted by molar-refractivity contribution is 7.99. The van der Waals surface area contributed by atoms with Gasteiger partial charge in [0.05, 0.1) is 12.6 Å². The molecule has 4 aromatic rings. The molecule has 0 unspecified atom stereocenters. The van der Waals surface area contributed by atoms with E-state index < -0.39 is 6.09 Å². The van der Waals surface area contributed by atoms with Crippen LogP contribution in [-0.4, -0.2) is 33.0 Å². The van der Waals surface area contributed by atoms with Gasteiger partial charge in [0.2, 0.25) is 0 Å². The summed E-state index contributed by atoms with van der Waals surface area (Å²) in [5.74, 6) is -0.335. The Hall–Kier alpha value is -3.86. The van der Waals surface area contributed by atoms with Crippen LogP contribution >= 0.6 is 11.8 Å². The zero-order valence-electron chi connectivity index (χ0n) is 15.7. The summed E-state index contributed by atoms with van der Waals surface area (Å²) in [7, 11) is 1.21. The maximum atomic E-state index is 14.1. The highest BCUT2D eigenvalue weighted by atomic mass is 32.2. The highest BCUT2D eigenvalue weighted by Gasteiger charge is 2.19. The van der Waals surface area contributed by atoms with Crippen molar-refractivity contribution < 1.29 is 13.9 Å². The number of rotatable bonds is 4. The number of benzene rings is 2. The van der Waals surface area contributed by atoms with Gasteiger partial charge in [0.15, 0.2) is 11.6 Å². The van der Waals surface area contributed by atoms with Crippen LogP contribution in [0, 0.1) is 5.82 Å². The molecule has 2 aromatic heterocycles. The van der Waals surface area contributed by atoms with E-state index in [9.17, 15) is 9.18 Å². The molecule has 4 rings (SSSR count). The van der Waals surface area contributed by atoms with Crippen molar-refractivity contribution in [2.75, 3.05) is 23.9 Å². The van der Waals surface area contributed by atoms with Crippen LogP contribution < -0.4 is 16.8 Å². The molecule has 0 atom stereocenters. The molecule has 9 nitrogen and oxygen atoms in total. The molecule has 0 spiro atoms. The number of fused-ring (bicyclic) bond motifs is 1. The lowest BCUT2D eigenvalue weighted by Crippen LogP contribution is -2.17. The maximum absolute atomic E-state index is 14.1. The van der Waals surface area contributed by atoms with Crippen molar-refractivity contribution in [2.24, 2.45) is 0 Å². The van der Waals surface area contributed by atoms with Crippen LogP contribution in [0.25, 0.3) is 16.9 Å². The first-order chi connectivity index (χ1) is 14.5. The first kappa shape index (κ1) is 19.5. The predicted molar refractivity (Wildman–Crippen MR) is 112 cm³/mol. The minimum atomic E-state index is -0.752. The van der Waals surface area contributed by atoms with Gasteiger partial charge in [-0.25, -0.2) is 9.18 Å². The standard InChI is InChI=1S/C19H16FN7O2S/c1-29-19(28)23-14-15(21)24-18(25-16(14)22)27-12-8-4-2-6-10(12)17(26-27)30-13-9-5-3-7-11(13)20/h2-9H,1H3,(H,23,28)(H4,21,22,24,25). The molecular weight excluding hydrogens is 409 g/mol. The number of hydrogen-bond acceptors (Lipinski definition) is 8. The zero-order valence-corrected chi connectivity index (χ0v) is 16.5. The van der Waals surface area contributed by atoms with E-state index in [1.165, 1.54) is 29.6 Å². The number of nitrogens with one attached hydrogen (secondary N) is 1. The largest absolute Gasteiger partial charge is 0.453 e. The van der Waals surface area contributed by atoms with Crippen LogP contribution in [0.4, 0.5) is 26.5 Å². The first-order valence-corrected chi connectivity index (χ1v) is 9.48. The Morgan fingerprint density at radius 1 is 1.10 bits per heavy atom. The normalized spacial score (nSPS) is 10.9. The lowest BCUT2D eigenvalue weighted by molar-refractivity contribution is 0.187. The average molecular weight is 425 g/mol. The van der Waals surface area contributed by atoms with Gasteiger partial charge in [-0.1, -0.05) is 42.1 Å². The van der Waals surface area contributed by atoms with Gasteiger partial charge >= 0.3 is 6.09 Å². The van der Waals surface area contributed by atoms with Crippen molar-refractivity contribution in [3.05, 3.63) is 54.3 Å². The number of halogens is 1. The van der Waals surface area contributed by atoms with Crippen LogP contribution in [0.15, 0.2) is 58.5 Å². The molecule has 1 amide bonds. The number of nitrogens with zero attached hydrogens (tertiary/aromatic N) is 4. The third-order valence-corrected chi connectivity index (χ3v) is 5.20. The lowest BCUT2D eigenvalue weighted by Gasteiger charge is -2.10. The van der Waals surface area contributed by atoms with Crippen molar-refractivity contribution in [3.63, 3.8) is 0 Å². The Labute approximate surface area is 174 Å². The first-order valence-electron chi connectivity index (χ1n) is 8.66. The van der Waals surface area contributed by atoms with Crippen LogP contribution in [0.2, 0.25) is 0 Å². The summed E-state index contributed by atoms with van der Waals surface area (Å²) in [6.07, 6.45) is -0.752. The van der Waals surface area contributed by atoms with E-state index in [0.29, 0.717) is 15.4 Å². The molecule has 0 saturated carbocycles. The number of carbonyl (C=O) groups excluding carboxylic acids is 1. The molecule has 0 saturated heterocycles. The van der Waals surface area contributed by atoms with Crippen molar-refractivity contribution >= 4 is 46.1 Å². The molecular formula is C19H16FN7O2S. The SMILES string of the molecule is COC(=O)Nc1c(N)nc(-n2nc(Sc3ccccc3F)c3ccccc32)nc1N. The number of nitrogen functional groups attached to an aromatic ring is 2. The van der Waals surface area contributed by atoms with E-state index in [1.807, 2.05) is 24.3 Å².